The first kappa shape index (κ1) is 16.2. The van der Waals surface area contributed by atoms with Crippen LogP contribution in [0.25, 0.3) is 0 Å². The number of imide groups is 1. The summed E-state index contributed by atoms with van der Waals surface area (Å²) in [5, 5.41) is 2.44. The molecule has 124 valence electrons. The minimum absolute atomic E-state index is 0.153. The SMILES string of the molecule is CC(C)N1CCC(c2ccc(C3CCC(=O)NC3=O)cc2)CC1. The highest BCUT2D eigenvalue weighted by atomic mass is 16.2. The third-order valence-corrected chi connectivity index (χ3v) is 5.31. The fourth-order valence-electron chi connectivity index (χ4n) is 3.76. The van der Waals surface area contributed by atoms with Gasteiger partial charge in [0.2, 0.25) is 11.8 Å². The molecule has 1 unspecified atom stereocenters. The zero-order chi connectivity index (χ0) is 16.4. The molecule has 0 bridgehead atoms. The largest absolute Gasteiger partial charge is 0.301 e. The van der Waals surface area contributed by atoms with Crippen molar-refractivity contribution in [2.75, 3.05) is 13.1 Å². The van der Waals surface area contributed by atoms with E-state index < -0.39 is 0 Å². The number of amides is 2. The number of likely N-dealkylation sites (tertiary alicyclic amines) is 1. The molecule has 0 aliphatic carbocycles. The van der Waals surface area contributed by atoms with Crippen molar-refractivity contribution in [3.63, 3.8) is 0 Å². The molecule has 2 saturated heterocycles. The Morgan fingerprint density at radius 3 is 2.17 bits per heavy atom. The number of nitrogens with one attached hydrogen (secondary N) is 1. The Bertz CT molecular complexity index is 572. The van der Waals surface area contributed by atoms with Crippen molar-refractivity contribution < 1.29 is 9.59 Å². The summed E-state index contributed by atoms with van der Waals surface area (Å²) in [4.78, 5) is 25.7. The van der Waals surface area contributed by atoms with Crippen LogP contribution in [0.2, 0.25) is 0 Å². The summed E-state index contributed by atoms with van der Waals surface area (Å²) in [6, 6.07) is 9.13. The molecule has 1 atom stereocenters. The second-order valence-corrected chi connectivity index (χ2v) is 7.07. The smallest absolute Gasteiger partial charge is 0.234 e. The van der Waals surface area contributed by atoms with Gasteiger partial charge in [0, 0.05) is 12.5 Å². The third-order valence-electron chi connectivity index (χ3n) is 5.31. The zero-order valence-electron chi connectivity index (χ0n) is 14.0. The zero-order valence-corrected chi connectivity index (χ0v) is 14.0. The monoisotopic (exact) mass is 314 g/mol. The molecule has 1 aromatic carbocycles. The summed E-state index contributed by atoms with van der Waals surface area (Å²) in [6.45, 7) is 6.85. The Morgan fingerprint density at radius 2 is 1.61 bits per heavy atom. The van der Waals surface area contributed by atoms with Gasteiger partial charge in [0.1, 0.15) is 0 Å². The van der Waals surface area contributed by atoms with Crippen molar-refractivity contribution in [1.82, 2.24) is 10.2 Å². The van der Waals surface area contributed by atoms with Gasteiger partial charge in [0.25, 0.3) is 0 Å². The van der Waals surface area contributed by atoms with E-state index in [1.54, 1.807) is 0 Å². The van der Waals surface area contributed by atoms with Crippen molar-refractivity contribution in [1.29, 1.82) is 0 Å². The lowest BCUT2D eigenvalue weighted by Crippen LogP contribution is -2.39. The highest BCUT2D eigenvalue weighted by Crippen LogP contribution is 2.31. The molecule has 4 nitrogen and oxygen atoms in total. The fourth-order valence-corrected chi connectivity index (χ4v) is 3.76. The molecule has 2 aliphatic rings. The Hall–Kier alpha value is -1.68. The predicted molar refractivity (Wildman–Crippen MR) is 90.3 cm³/mol. The van der Waals surface area contributed by atoms with Gasteiger partial charge >= 0.3 is 0 Å². The lowest BCUT2D eigenvalue weighted by Gasteiger charge is -2.34. The van der Waals surface area contributed by atoms with E-state index in [2.05, 4.69) is 48.3 Å². The first-order chi connectivity index (χ1) is 11.0. The van der Waals surface area contributed by atoms with Crippen LogP contribution in [0.5, 0.6) is 0 Å². The van der Waals surface area contributed by atoms with E-state index in [4.69, 9.17) is 0 Å². The number of benzene rings is 1. The summed E-state index contributed by atoms with van der Waals surface area (Å²) in [6.07, 6.45) is 3.47. The molecule has 0 radical (unpaired) electrons. The molecule has 0 aromatic heterocycles. The van der Waals surface area contributed by atoms with Crippen LogP contribution in [0.4, 0.5) is 0 Å². The second-order valence-electron chi connectivity index (χ2n) is 7.07. The molecule has 2 fully saturated rings. The van der Waals surface area contributed by atoms with Crippen molar-refractivity contribution >= 4 is 11.8 Å². The topological polar surface area (TPSA) is 49.4 Å². The number of rotatable bonds is 3. The maximum absolute atomic E-state index is 12.0. The van der Waals surface area contributed by atoms with Crippen LogP contribution < -0.4 is 5.32 Å². The Balaban J connectivity index is 1.64. The van der Waals surface area contributed by atoms with E-state index in [1.165, 1.54) is 18.4 Å². The van der Waals surface area contributed by atoms with Gasteiger partial charge in [0.15, 0.2) is 0 Å². The van der Waals surface area contributed by atoms with Gasteiger partial charge in [0.05, 0.1) is 5.92 Å². The standard InChI is InChI=1S/C19H26N2O2/c1-13(2)21-11-9-15(10-12-21)14-3-5-16(6-4-14)17-7-8-18(22)20-19(17)23/h3-6,13,15,17H,7-12H2,1-2H3,(H,20,22,23). The van der Waals surface area contributed by atoms with Crippen LogP contribution in [0.3, 0.4) is 0 Å². The van der Waals surface area contributed by atoms with Crippen LogP contribution >= 0.6 is 0 Å². The van der Waals surface area contributed by atoms with E-state index in [9.17, 15) is 9.59 Å². The molecule has 2 heterocycles. The molecule has 4 heteroatoms. The summed E-state index contributed by atoms with van der Waals surface area (Å²) in [7, 11) is 0. The molecule has 1 aromatic rings. The molecule has 2 amide bonds. The molecule has 2 aliphatic heterocycles. The predicted octanol–water partition coefficient (Wildman–Crippen LogP) is 2.79. The number of carbonyl (C=O) groups is 2. The molecule has 0 saturated carbocycles. The van der Waals surface area contributed by atoms with Gasteiger partial charge < -0.3 is 4.90 Å². The van der Waals surface area contributed by atoms with Crippen molar-refractivity contribution in [3.05, 3.63) is 35.4 Å². The molecule has 23 heavy (non-hydrogen) atoms. The lowest BCUT2D eigenvalue weighted by molar-refractivity contribution is -0.134. The highest BCUT2D eigenvalue weighted by molar-refractivity contribution is 6.00. The molecule has 1 N–H and O–H groups in total. The summed E-state index contributed by atoms with van der Waals surface area (Å²) < 4.78 is 0. The fraction of sp³-hybridized carbons (Fsp3) is 0.579. The summed E-state index contributed by atoms with van der Waals surface area (Å²) >= 11 is 0. The van der Waals surface area contributed by atoms with Gasteiger partial charge in [-0.25, -0.2) is 0 Å². The van der Waals surface area contributed by atoms with E-state index in [1.807, 2.05) is 0 Å². The van der Waals surface area contributed by atoms with Crippen molar-refractivity contribution in [2.24, 2.45) is 0 Å². The normalized spacial score (nSPS) is 24.0. The van der Waals surface area contributed by atoms with Gasteiger partial charge in [-0.15, -0.1) is 0 Å². The first-order valence-electron chi connectivity index (χ1n) is 8.72. The molecule has 0 spiro atoms. The number of hydrogen-bond donors (Lipinski definition) is 1. The average Bonchev–Trinajstić information content (AvgIpc) is 2.55. The van der Waals surface area contributed by atoms with Gasteiger partial charge in [-0.1, -0.05) is 24.3 Å². The minimum Gasteiger partial charge on any atom is -0.301 e. The second kappa shape index (κ2) is 6.83. The van der Waals surface area contributed by atoms with E-state index in [0.717, 1.165) is 18.7 Å². The first-order valence-corrected chi connectivity index (χ1v) is 8.72. The maximum atomic E-state index is 12.0. The van der Waals surface area contributed by atoms with Crippen LogP contribution in [0, 0.1) is 0 Å². The summed E-state index contributed by atoms with van der Waals surface area (Å²) in [5.41, 5.74) is 2.41. The van der Waals surface area contributed by atoms with Crippen LogP contribution in [-0.4, -0.2) is 35.8 Å². The van der Waals surface area contributed by atoms with Crippen LogP contribution in [0.1, 0.15) is 62.5 Å². The van der Waals surface area contributed by atoms with E-state index in [0.29, 0.717) is 24.8 Å². The van der Waals surface area contributed by atoms with Crippen LogP contribution in [0.15, 0.2) is 24.3 Å². The molecular formula is C19H26N2O2. The van der Waals surface area contributed by atoms with Gasteiger partial charge in [-0.05, 0) is 63.2 Å². The summed E-state index contributed by atoms with van der Waals surface area (Å²) in [5.74, 6) is 0.143. The molecule has 3 rings (SSSR count). The number of piperidine rings is 2. The van der Waals surface area contributed by atoms with E-state index >= 15 is 0 Å². The van der Waals surface area contributed by atoms with Gasteiger partial charge in [-0.3, -0.25) is 14.9 Å². The van der Waals surface area contributed by atoms with E-state index in [-0.39, 0.29) is 17.7 Å². The lowest BCUT2D eigenvalue weighted by atomic mass is 9.86. The highest BCUT2D eigenvalue weighted by Gasteiger charge is 2.28. The van der Waals surface area contributed by atoms with Gasteiger partial charge in [-0.2, -0.15) is 0 Å². The quantitative estimate of drug-likeness (QED) is 0.873. The number of nitrogens with zero attached hydrogens (tertiary/aromatic N) is 1. The Kier molecular flexibility index (Phi) is 4.81. The number of carbonyl (C=O) groups excluding carboxylic acids is 2. The average molecular weight is 314 g/mol. The molecular weight excluding hydrogens is 288 g/mol. The third kappa shape index (κ3) is 3.63. The maximum Gasteiger partial charge on any atom is 0.234 e. The van der Waals surface area contributed by atoms with Crippen molar-refractivity contribution in [3.8, 4) is 0 Å². The minimum atomic E-state index is -0.176. The number of hydrogen-bond acceptors (Lipinski definition) is 3. The Labute approximate surface area is 138 Å². The van der Waals surface area contributed by atoms with Crippen molar-refractivity contribution in [2.45, 2.75) is 57.4 Å². The van der Waals surface area contributed by atoms with Crippen LogP contribution in [-0.2, 0) is 9.59 Å². The Morgan fingerprint density at radius 1 is 1.00 bits per heavy atom.